The van der Waals surface area contributed by atoms with Crippen molar-refractivity contribution < 1.29 is 4.79 Å². The van der Waals surface area contributed by atoms with Gasteiger partial charge < -0.3 is 5.32 Å². The van der Waals surface area contributed by atoms with E-state index in [2.05, 4.69) is 56.5 Å². The number of aromatic nitrogens is 4. The number of nitrogens with zero attached hydrogens (tertiary/aromatic N) is 5. The Hall–Kier alpha value is -3.06. The number of carbonyl (C=O) groups excluding carboxylic acids is 1. The van der Waals surface area contributed by atoms with Gasteiger partial charge in [0.25, 0.3) is 5.95 Å². The molecule has 1 aromatic carbocycles. The zero-order chi connectivity index (χ0) is 23.5. The average Bonchev–Trinajstić information content (AvgIpc) is 3.03. The number of likely N-dealkylation sites (tertiary alicyclic amines) is 1. The van der Waals surface area contributed by atoms with Gasteiger partial charge in [0.2, 0.25) is 5.91 Å². The fraction of sp³-hybridized carbons (Fsp3) is 0.462. The number of aryl methyl sites for hydroxylation is 4. The molecule has 0 aliphatic carbocycles. The van der Waals surface area contributed by atoms with Gasteiger partial charge in [0.15, 0.2) is 0 Å². The largest absolute Gasteiger partial charge is 0.353 e. The summed E-state index contributed by atoms with van der Waals surface area (Å²) in [5.74, 6) is 0.611. The van der Waals surface area contributed by atoms with E-state index < -0.39 is 0 Å². The number of amides is 1. The average molecular weight is 447 g/mol. The molecule has 1 fully saturated rings. The number of hydrogen-bond acceptors (Lipinski definition) is 5. The van der Waals surface area contributed by atoms with Crippen LogP contribution in [0.4, 0.5) is 0 Å². The van der Waals surface area contributed by atoms with E-state index in [4.69, 9.17) is 0 Å². The maximum Gasteiger partial charge on any atom is 0.251 e. The minimum absolute atomic E-state index is 0.0548. The molecule has 3 aromatic rings. The normalized spacial score (nSPS) is 15.1. The van der Waals surface area contributed by atoms with Gasteiger partial charge >= 0.3 is 0 Å². The summed E-state index contributed by atoms with van der Waals surface area (Å²) in [5.41, 5.74) is 7.17. The first-order chi connectivity index (χ1) is 15.8. The van der Waals surface area contributed by atoms with Gasteiger partial charge in [-0.05, 0) is 59.1 Å². The van der Waals surface area contributed by atoms with Crippen LogP contribution in [0.3, 0.4) is 0 Å². The highest BCUT2D eigenvalue weighted by Crippen LogP contribution is 2.19. The van der Waals surface area contributed by atoms with E-state index in [9.17, 15) is 4.79 Å². The van der Waals surface area contributed by atoms with Crippen LogP contribution in [0.1, 0.15) is 52.3 Å². The summed E-state index contributed by atoms with van der Waals surface area (Å²) >= 11 is 0. The van der Waals surface area contributed by atoms with Gasteiger partial charge in [0, 0.05) is 48.3 Å². The van der Waals surface area contributed by atoms with Crippen LogP contribution in [0, 0.1) is 34.6 Å². The van der Waals surface area contributed by atoms with Gasteiger partial charge in [-0.15, -0.1) is 0 Å². The van der Waals surface area contributed by atoms with Crippen molar-refractivity contribution in [3.63, 3.8) is 0 Å². The molecule has 1 saturated heterocycles. The van der Waals surface area contributed by atoms with Gasteiger partial charge in [-0.25, -0.2) is 14.6 Å². The molecule has 2 aromatic heterocycles. The highest BCUT2D eigenvalue weighted by Gasteiger charge is 2.23. The van der Waals surface area contributed by atoms with Crippen molar-refractivity contribution in [2.45, 2.75) is 66.5 Å². The van der Waals surface area contributed by atoms with Crippen LogP contribution in [0.5, 0.6) is 0 Å². The third-order valence-corrected chi connectivity index (χ3v) is 6.38. The molecule has 3 heterocycles. The second kappa shape index (κ2) is 9.83. The first-order valence-corrected chi connectivity index (χ1v) is 11.7. The van der Waals surface area contributed by atoms with Crippen molar-refractivity contribution in [2.24, 2.45) is 0 Å². The lowest BCUT2D eigenvalue weighted by atomic mass is 10.0. The van der Waals surface area contributed by atoms with E-state index in [-0.39, 0.29) is 11.9 Å². The first-order valence-electron chi connectivity index (χ1n) is 11.7. The third-order valence-electron chi connectivity index (χ3n) is 6.38. The predicted octanol–water partition coefficient (Wildman–Crippen LogP) is 3.53. The lowest BCUT2D eigenvalue weighted by Gasteiger charge is -2.32. The Kier molecular flexibility index (Phi) is 6.88. The van der Waals surface area contributed by atoms with Crippen LogP contribution in [-0.2, 0) is 17.8 Å². The Balaban J connectivity index is 1.34. The first kappa shape index (κ1) is 23.1. The smallest absolute Gasteiger partial charge is 0.251 e. The van der Waals surface area contributed by atoms with E-state index >= 15 is 0 Å². The molecule has 7 nitrogen and oxygen atoms in total. The molecule has 0 saturated carbocycles. The Morgan fingerprint density at radius 2 is 1.73 bits per heavy atom. The molecule has 0 spiro atoms. The van der Waals surface area contributed by atoms with Crippen LogP contribution in [0.15, 0.2) is 30.3 Å². The summed E-state index contributed by atoms with van der Waals surface area (Å²) in [5, 5.41) is 7.87. The minimum atomic E-state index is 0.0548. The Bertz CT molecular complexity index is 1120. The lowest BCUT2D eigenvalue weighted by molar-refractivity contribution is -0.121. The fourth-order valence-corrected chi connectivity index (χ4v) is 4.67. The molecule has 4 rings (SSSR count). The molecule has 7 heteroatoms. The standard InChI is InChI=1S/C26H34N6O/c1-17-7-6-8-22(13-17)16-31-11-9-23(10-12-31)29-25(33)15-24-20(4)30-32(21(24)5)26-27-18(2)14-19(3)28-26/h6-8,13-14,23H,9-12,15-16H2,1-5H3,(H,29,33). The molecule has 1 N–H and O–H groups in total. The van der Waals surface area contributed by atoms with Gasteiger partial charge in [0.1, 0.15) is 0 Å². The van der Waals surface area contributed by atoms with Crippen molar-refractivity contribution in [1.29, 1.82) is 0 Å². The monoisotopic (exact) mass is 446 g/mol. The summed E-state index contributed by atoms with van der Waals surface area (Å²) < 4.78 is 1.75. The molecular weight excluding hydrogens is 412 g/mol. The number of carbonyl (C=O) groups is 1. The molecule has 174 valence electrons. The number of rotatable bonds is 6. The topological polar surface area (TPSA) is 75.9 Å². The van der Waals surface area contributed by atoms with E-state index in [1.54, 1.807) is 4.68 Å². The Morgan fingerprint density at radius 1 is 1.03 bits per heavy atom. The summed E-state index contributed by atoms with van der Waals surface area (Å²) in [4.78, 5) is 24.4. The molecule has 0 atom stereocenters. The van der Waals surface area contributed by atoms with Crippen molar-refractivity contribution in [1.82, 2.24) is 30.0 Å². The van der Waals surface area contributed by atoms with Crippen LogP contribution in [-0.4, -0.2) is 49.7 Å². The lowest BCUT2D eigenvalue weighted by Crippen LogP contribution is -2.44. The van der Waals surface area contributed by atoms with Crippen LogP contribution in [0.2, 0.25) is 0 Å². The number of nitrogens with one attached hydrogen (secondary N) is 1. The molecular formula is C26H34N6O. The molecule has 0 radical (unpaired) electrons. The second-order valence-corrected chi connectivity index (χ2v) is 9.30. The zero-order valence-corrected chi connectivity index (χ0v) is 20.4. The highest BCUT2D eigenvalue weighted by atomic mass is 16.1. The number of hydrogen-bond donors (Lipinski definition) is 1. The Morgan fingerprint density at radius 3 is 2.39 bits per heavy atom. The van der Waals surface area contributed by atoms with E-state index in [1.165, 1.54) is 11.1 Å². The summed E-state index contributed by atoms with van der Waals surface area (Å²) in [6.07, 6.45) is 2.28. The van der Waals surface area contributed by atoms with Gasteiger partial charge in [-0.1, -0.05) is 29.8 Å². The predicted molar refractivity (Wildman–Crippen MR) is 129 cm³/mol. The molecule has 1 aliphatic heterocycles. The van der Waals surface area contributed by atoms with Crippen molar-refractivity contribution >= 4 is 5.91 Å². The minimum Gasteiger partial charge on any atom is -0.353 e. The molecule has 0 bridgehead atoms. The number of benzene rings is 1. The van der Waals surface area contributed by atoms with Crippen LogP contribution in [0.25, 0.3) is 5.95 Å². The van der Waals surface area contributed by atoms with Crippen LogP contribution >= 0.6 is 0 Å². The fourth-order valence-electron chi connectivity index (χ4n) is 4.67. The second-order valence-electron chi connectivity index (χ2n) is 9.30. The van der Waals surface area contributed by atoms with E-state index in [0.29, 0.717) is 12.4 Å². The summed E-state index contributed by atoms with van der Waals surface area (Å²) in [6.45, 7) is 12.9. The summed E-state index contributed by atoms with van der Waals surface area (Å²) in [7, 11) is 0. The maximum absolute atomic E-state index is 12.9. The van der Waals surface area contributed by atoms with Gasteiger partial charge in [0.05, 0.1) is 12.1 Å². The number of piperidine rings is 1. The Labute approximate surface area is 196 Å². The third kappa shape index (κ3) is 5.66. The maximum atomic E-state index is 12.9. The van der Waals surface area contributed by atoms with Crippen molar-refractivity contribution in [2.75, 3.05) is 13.1 Å². The van der Waals surface area contributed by atoms with E-state index in [0.717, 1.165) is 60.8 Å². The SMILES string of the molecule is Cc1cccc(CN2CCC(NC(=O)Cc3c(C)nn(-c4nc(C)cc(C)n4)c3C)CC2)c1. The van der Waals surface area contributed by atoms with Gasteiger partial charge in [-0.2, -0.15) is 5.10 Å². The van der Waals surface area contributed by atoms with Gasteiger partial charge in [-0.3, -0.25) is 9.69 Å². The highest BCUT2D eigenvalue weighted by molar-refractivity contribution is 5.79. The molecule has 1 amide bonds. The van der Waals surface area contributed by atoms with Crippen LogP contribution < -0.4 is 5.32 Å². The van der Waals surface area contributed by atoms with Crippen molar-refractivity contribution in [3.05, 3.63) is 69.8 Å². The van der Waals surface area contributed by atoms with E-state index in [1.807, 2.05) is 33.8 Å². The summed E-state index contributed by atoms with van der Waals surface area (Å²) in [6, 6.07) is 10.9. The molecule has 1 aliphatic rings. The van der Waals surface area contributed by atoms with Crippen molar-refractivity contribution in [3.8, 4) is 5.95 Å². The molecule has 0 unspecified atom stereocenters. The zero-order valence-electron chi connectivity index (χ0n) is 20.4. The molecule has 33 heavy (non-hydrogen) atoms. The quantitative estimate of drug-likeness (QED) is 0.627.